The number of piperazine rings is 1. The third-order valence-electron chi connectivity index (χ3n) is 4.59. The van der Waals surface area contributed by atoms with Crippen LogP contribution in [0.15, 0.2) is 28.8 Å². The first-order valence-corrected chi connectivity index (χ1v) is 8.38. The van der Waals surface area contributed by atoms with E-state index in [0.29, 0.717) is 17.4 Å². The smallest absolute Gasteiger partial charge is 0.280 e. The first-order chi connectivity index (χ1) is 12.1. The summed E-state index contributed by atoms with van der Waals surface area (Å²) >= 11 is 0. The van der Waals surface area contributed by atoms with Crippen molar-refractivity contribution in [2.24, 2.45) is 0 Å². The Morgan fingerprint density at radius 3 is 2.88 bits per heavy atom. The lowest BCUT2D eigenvalue weighted by Gasteiger charge is -2.30. The van der Waals surface area contributed by atoms with Gasteiger partial charge in [-0.2, -0.15) is 4.98 Å². The van der Waals surface area contributed by atoms with Crippen molar-refractivity contribution in [1.29, 1.82) is 0 Å². The lowest BCUT2D eigenvalue weighted by molar-refractivity contribution is 0.190. The molecular formula is C17H22ClN7O. The second-order valence-electron chi connectivity index (χ2n) is 6.43. The summed E-state index contributed by atoms with van der Waals surface area (Å²) in [5.74, 6) is 1.08. The number of likely N-dealkylation sites (N-methyl/N-ethyl adjacent to an activating group) is 1. The van der Waals surface area contributed by atoms with Crippen molar-refractivity contribution in [2.75, 3.05) is 26.7 Å². The van der Waals surface area contributed by atoms with E-state index in [1.807, 2.05) is 19.1 Å². The number of benzene rings is 1. The molecule has 2 aromatic heterocycles. The third-order valence-corrected chi connectivity index (χ3v) is 4.59. The second-order valence-corrected chi connectivity index (χ2v) is 6.43. The molecule has 0 amide bonds. The van der Waals surface area contributed by atoms with Crippen molar-refractivity contribution in [3.8, 4) is 17.3 Å². The Bertz CT molecular complexity index is 891. The van der Waals surface area contributed by atoms with Crippen LogP contribution in [0.3, 0.4) is 0 Å². The van der Waals surface area contributed by atoms with Crippen LogP contribution in [-0.2, 0) is 0 Å². The van der Waals surface area contributed by atoms with Gasteiger partial charge < -0.3 is 9.84 Å². The monoisotopic (exact) mass is 375 g/mol. The number of hydrogen-bond acceptors (Lipinski definition) is 7. The quantitative estimate of drug-likeness (QED) is 0.748. The Kier molecular flexibility index (Phi) is 5.36. The van der Waals surface area contributed by atoms with Crippen molar-refractivity contribution >= 4 is 12.4 Å². The van der Waals surface area contributed by atoms with Crippen LogP contribution in [0, 0.1) is 13.8 Å². The lowest BCUT2D eigenvalue weighted by Crippen LogP contribution is -2.44. The zero-order valence-corrected chi connectivity index (χ0v) is 15.8. The molecule has 0 spiro atoms. The maximum absolute atomic E-state index is 5.47. The number of nitrogens with zero attached hydrogens (tertiary/aromatic N) is 6. The minimum atomic E-state index is 0. The van der Waals surface area contributed by atoms with E-state index in [4.69, 9.17) is 4.52 Å². The van der Waals surface area contributed by atoms with Crippen molar-refractivity contribution < 1.29 is 4.52 Å². The summed E-state index contributed by atoms with van der Waals surface area (Å²) < 4.78 is 7.27. The maximum atomic E-state index is 5.47. The minimum Gasteiger partial charge on any atom is -0.332 e. The summed E-state index contributed by atoms with van der Waals surface area (Å²) in [4.78, 5) is 6.79. The van der Waals surface area contributed by atoms with Gasteiger partial charge in [0.2, 0.25) is 0 Å². The van der Waals surface area contributed by atoms with Gasteiger partial charge >= 0.3 is 0 Å². The van der Waals surface area contributed by atoms with Gasteiger partial charge in [-0.05, 0) is 38.6 Å². The van der Waals surface area contributed by atoms with Crippen molar-refractivity contribution in [3.05, 3.63) is 41.3 Å². The molecule has 1 aliphatic rings. The summed E-state index contributed by atoms with van der Waals surface area (Å²) in [5.41, 5.74) is 3.62. The fourth-order valence-electron chi connectivity index (χ4n) is 3.09. The maximum Gasteiger partial charge on any atom is 0.280 e. The van der Waals surface area contributed by atoms with E-state index in [2.05, 4.69) is 56.8 Å². The van der Waals surface area contributed by atoms with E-state index in [9.17, 15) is 0 Å². The number of aromatic nitrogens is 5. The normalized spacial score (nSPS) is 17.9. The molecule has 1 fully saturated rings. The van der Waals surface area contributed by atoms with Crippen LogP contribution in [0.2, 0.25) is 0 Å². The Hall–Kier alpha value is -2.29. The second kappa shape index (κ2) is 7.53. The molecule has 26 heavy (non-hydrogen) atoms. The molecule has 138 valence electrons. The zero-order valence-electron chi connectivity index (χ0n) is 15.0. The largest absolute Gasteiger partial charge is 0.332 e. The van der Waals surface area contributed by atoms with Crippen LogP contribution in [0.25, 0.3) is 17.3 Å². The Balaban J connectivity index is 0.00000196. The van der Waals surface area contributed by atoms with Gasteiger partial charge in [0.05, 0.1) is 17.4 Å². The average Bonchev–Trinajstić information content (AvgIpc) is 3.22. The molecule has 1 atom stereocenters. The summed E-state index contributed by atoms with van der Waals surface area (Å²) in [6, 6.07) is 8.23. The average molecular weight is 376 g/mol. The molecule has 0 aliphatic carbocycles. The van der Waals surface area contributed by atoms with E-state index in [1.165, 1.54) is 5.56 Å². The van der Waals surface area contributed by atoms with Gasteiger partial charge in [0, 0.05) is 19.6 Å². The van der Waals surface area contributed by atoms with E-state index in [1.54, 1.807) is 4.68 Å². The summed E-state index contributed by atoms with van der Waals surface area (Å²) in [6.07, 6.45) is 0. The third kappa shape index (κ3) is 3.35. The Morgan fingerprint density at radius 2 is 2.12 bits per heavy atom. The van der Waals surface area contributed by atoms with Crippen molar-refractivity contribution in [2.45, 2.75) is 19.9 Å². The molecule has 0 radical (unpaired) electrons. The van der Waals surface area contributed by atoms with E-state index < -0.39 is 0 Å². The fraction of sp³-hybridized carbons (Fsp3) is 0.412. The number of hydrogen-bond donors (Lipinski definition) is 1. The van der Waals surface area contributed by atoms with Crippen LogP contribution in [0.5, 0.6) is 0 Å². The first kappa shape index (κ1) is 18.5. The SMILES string of the molecule is Cc1cccc(-n2nnc(-c3nc(C4CNCCN4C)no3)c2C)c1.Cl. The van der Waals surface area contributed by atoms with Gasteiger partial charge in [-0.3, -0.25) is 4.90 Å². The summed E-state index contributed by atoms with van der Waals surface area (Å²) in [6.45, 7) is 6.74. The van der Waals surface area contributed by atoms with E-state index >= 15 is 0 Å². The predicted molar refractivity (Wildman–Crippen MR) is 99.6 cm³/mol. The number of halogens is 1. The molecule has 0 saturated carbocycles. The number of rotatable bonds is 3. The van der Waals surface area contributed by atoms with Crippen molar-refractivity contribution in [1.82, 2.24) is 35.4 Å². The van der Waals surface area contributed by atoms with Crippen LogP contribution in [0.1, 0.15) is 23.1 Å². The lowest BCUT2D eigenvalue weighted by atomic mass is 10.2. The highest BCUT2D eigenvalue weighted by molar-refractivity contribution is 5.85. The molecular weight excluding hydrogens is 354 g/mol. The number of nitrogens with one attached hydrogen (secondary N) is 1. The van der Waals surface area contributed by atoms with Gasteiger partial charge in [0.25, 0.3) is 5.89 Å². The molecule has 4 rings (SSSR count). The van der Waals surface area contributed by atoms with E-state index in [-0.39, 0.29) is 18.4 Å². The van der Waals surface area contributed by atoms with E-state index in [0.717, 1.165) is 31.0 Å². The molecule has 0 bridgehead atoms. The van der Waals surface area contributed by atoms with Crippen LogP contribution >= 0.6 is 12.4 Å². The summed E-state index contributed by atoms with van der Waals surface area (Å²) in [7, 11) is 2.07. The molecule has 1 unspecified atom stereocenters. The first-order valence-electron chi connectivity index (χ1n) is 8.38. The van der Waals surface area contributed by atoms with Crippen LogP contribution in [0.4, 0.5) is 0 Å². The van der Waals surface area contributed by atoms with Crippen LogP contribution < -0.4 is 5.32 Å². The Labute approximate surface area is 158 Å². The van der Waals surface area contributed by atoms with Crippen LogP contribution in [-0.4, -0.2) is 56.7 Å². The topological polar surface area (TPSA) is 84.9 Å². The van der Waals surface area contributed by atoms with Gasteiger partial charge in [0.1, 0.15) is 0 Å². The van der Waals surface area contributed by atoms with Gasteiger partial charge in [-0.1, -0.05) is 22.5 Å². The standard InChI is InChI=1S/C17H21N7O.ClH/c1-11-5-4-6-13(9-11)24-12(2)15(20-22-24)17-19-16(21-25-17)14-10-18-7-8-23(14)3;/h4-6,9,14,18H,7-8,10H2,1-3H3;1H. The highest BCUT2D eigenvalue weighted by atomic mass is 35.5. The fourth-order valence-corrected chi connectivity index (χ4v) is 3.09. The minimum absolute atomic E-state index is 0. The highest BCUT2D eigenvalue weighted by Crippen LogP contribution is 2.24. The molecule has 1 aromatic carbocycles. The molecule has 3 heterocycles. The van der Waals surface area contributed by atoms with Gasteiger partial charge in [-0.15, -0.1) is 17.5 Å². The predicted octanol–water partition coefficient (Wildman–Crippen LogP) is 1.93. The number of aryl methyl sites for hydroxylation is 1. The van der Waals surface area contributed by atoms with Crippen molar-refractivity contribution in [3.63, 3.8) is 0 Å². The summed E-state index contributed by atoms with van der Waals surface area (Å²) in [5, 5.41) is 16.0. The van der Waals surface area contributed by atoms with Gasteiger partial charge in [-0.25, -0.2) is 4.68 Å². The highest BCUT2D eigenvalue weighted by Gasteiger charge is 2.27. The molecule has 1 N–H and O–H groups in total. The molecule has 1 saturated heterocycles. The Morgan fingerprint density at radius 1 is 1.27 bits per heavy atom. The molecule has 9 heteroatoms. The zero-order chi connectivity index (χ0) is 17.4. The molecule has 3 aromatic rings. The van der Waals surface area contributed by atoms with Gasteiger partial charge in [0.15, 0.2) is 11.5 Å². The molecule has 1 aliphatic heterocycles. The molecule has 8 nitrogen and oxygen atoms in total.